The second-order valence-corrected chi connectivity index (χ2v) is 15.4. The van der Waals surface area contributed by atoms with E-state index in [4.69, 9.17) is 5.73 Å². The van der Waals surface area contributed by atoms with Gasteiger partial charge in [-0.15, -0.1) is 15.3 Å². The zero-order valence-electron chi connectivity index (χ0n) is 23.0. The van der Waals surface area contributed by atoms with E-state index >= 15 is 0 Å². The summed E-state index contributed by atoms with van der Waals surface area (Å²) in [6.07, 6.45) is 0. The smallest absolute Gasteiger partial charge is 0.296 e. The molecule has 4 aromatic carbocycles. The van der Waals surface area contributed by atoms with Crippen LogP contribution in [0, 0.1) is 6.92 Å². The number of benzene rings is 4. The second kappa shape index (κ2) is 11.9. The number of nitrogen functional groups attached to an aromatic ring is 1. The summed E-state index contributed by atoms with van der Waals surface area (Å²) < 4.78 is 126. The molecule has 0 saturated heterocycles. The molecule has 0 atom stereocenters. The van der Waals surface area contributed by atoms with Gasteiger partial charge in [-0.2, -0.15) is 30.4 Å². The number of nitrogens with zero attached hydrogens (tertiary/aromatic N) is 4. The van der Waals surface area contributed by atoms with E-state index in [1.54, 1.807) is 0 Å². The lowest BCUT2D eigenvalue weighted by Crippen LogP contribution is -2.04. The molecular formula is C25H21N5O12S4. The fraction of sp³-hybridized carbons (Fsp3) is 0.0400. The fourth-order valence-corrected chi connectivity index (χ4v) is 6.68. The van der Waals surface area contributed by atoms with Gasteiger partial charge in [0.05, 0.1) is 21.7 Å². The average molecular weight is 712 g/mol. The molecule has 17 nitrogen and oxygen atoms in total. The highest BCUT2D eigenvalue weighted by molar-refractivity contribution is 7.94. The van der Waals surface area contributed by atoms with Crippen LogP contribution in [0.15, 0.2) is 107 Å². The van der Waals surface area contributed by atoms with Crippen LogP contribution >= 0.6 is 0 Å². The Balaban J connectivity index is 2.00. The number of nitrogens with two attached hydrogens (primary N) is 1. The molecule has 0 bridgehead atoms. The maximum atomic E-state index is 12.3. The topological polar surface area (TPSA) is 293 Å². The van der Waals surface area contributed by atoms with E-state index in [1.165, 1.54) is 25.1 Å². The summed E-state index contributed by atoms with van der Waals surface area (Å²) in [7, 11) is -19.1. The number of fused-ring (bicyclic) bond motifs is 1. The summed E-state index contributed by atoms with van der Waals surface area (Å²) in [5, 5.41) is 25.7. The Bertz CT molecular complexity index is 2440. The van der Waals surface area contributed by atoms with Crippen LogP contribution in [0.1, 0.15) is 5.56 Å². The standard InChI is InChI=1S/C25H21N5O12S4/c1-3-43(32,33)16-7-5-15(6-8-16)27-29-23-19(45(37,38)39)11-14-12-20(46(40,41)42)24(25(31)21(14)22(23)26)30-28-17-10-13(2)4-9-18(17)44(34,35)36/h3-12,31H,1,26H2,2H3,(H,34,35,36)(H,37,38,39)(H,40,41,42). The highest BCUT2D eigenvalue weighted by atomic mass is 32.2. The predicted molar refractivity (Wildman–Crippen MR) is 163 cm³/mol. The van der Waals surface area contributed by atoms with Gasteiger partial charge in [0.25, 0.3) is 30.4 Å². The van der Waals surface area contributed by atoms with Gasteiger partial charge >= 0.3 is 0 Å². The molecule has 0 saturated carbocycles. The van der Waals surface area contributed by atoms with Gasteiger partial charge in [0.2, 0.25) is 0 Å². The van der Waals surface area contributed by atoms with Crippen molar-refractivity contribution in [3.05, 3.63) is 72.1 Å². The van der Waals surface area contributed by atoms with Crippen molar-refractivity contribution in [1.29, 1.82) is 0 Å². The number of anilines is 1. The third-order valence-corrected chi connectivity index (χ3v) is 10.2. The molecule has 0 aliphatic rings. The van der Waals surface area contributed by atoms with Crippen LogP contribution in [0.3, 0.4) is 0 Å². The Hall–Kier alpha value is -4.64. The van der Waals surface area contributed by atoms with Gasteiger partial charge in [0.15, 0.2) is 15.6 Å². The number of hydrogen-bond donors (Lipinski definition) is 5. The summed E-state index contributed by atoms with van der Waals surface area (Å²) in [5.74, 6) is -1.11. The number of rotatable bonds is 9. The molecule has 0 fully saturated rings. The Labute approximate surface area is 261 Å². The molecule has 242 valence electrons. The first-order chi connectivity index (χ1) is 21.1. The fourth-order valence-electron chi connectivity index (χ4n) is 4.04. The monoisotopic (exact) mass is 711 g/mol. The minimum Gasteiger partial charge on any atom is -0.505 e. The number of aromatic hydroxyl groups is 1. The Morgan fingerprint density at radius 1 is 0.696 bits per heavy atom. The molecule has 0 aromatic heterocycles. The normalized spacial score (nSPS) is 13.1. The molecule has 0 radical (unpaired) electrons. The largest absolute Gasteiger partial charge is 0.505 e. The van der Waals surface area contributed by atoms with Crippen LogP contribution in [0.2, 0.25) is 0 Å². The first-order valence-electron chi connectivity index (χ1n) is 12.1. The molecule has 0 heterocycles. The van der Waals surface area contributed by atoms with E-state index < -0.39 is 94.1 Å². The average Bonchev–Trinajstić information content (AvgIpc) is 2.94. The second-order valence-electron chi connectivity index (χ2n) is 9.31. The predicted octanol–water partition coefficient (Wildman–Crippen LogP) is 4.92. The number of sulfone groups is 1. The number of phenols is 1. The first kappa shape index (κ1) is 34.2. The van der Waals surface area contributed by atoms with Crippen LogP contribution in [0.25, 0.3) is 10.8 Å². The van der Waals surface area contributed by atoms with Crippen LogP contribution < -0.4 is 5.73 Å². The zero-order chi connectivity index (χ0) is 34.4. The van der Waals surface area contributed by atoms with Crippen molar-refractivity contribution in [3.63, 3.8) is 0 Å². The zero-order valence-corrected chi connectivity index (χ0v) is 26.3. The summed E-state index contributed by atoms with van der Waals surface area (Å²) in [4.78, 5) is -3.00. The van der Waals surface area contributed by atoms with Gasteiger partial charge in [-0.05, 0) is 66.4 Å². The SMILES string of the molecule is C=CS(=O)(=O)c1ccc(N=Nc2c(S(=O)(=O)O)cc3cc(S(=O)(=O)O)c(N=Nc4cc(C)ccc4S(=O)(=O)O)c(O)c3c2N)cc1. The Kier molecular flexibility index (Phi) is 8.89. The maximum absolute atomic E-state index is 12.3. The van der Waals surface area contributed by atoms with E-state index in [9.17, 15) is 52.4 Å². The van der Waals surface area contributed by atoms with Crippen LogP contribution in [0.4, 0.5) is 28.4 Å². The van der Waals surface area contributed by atoms with Crippen LogP contribution in [0.5, 0.6) is 5.75 Å². The number of azo groups is 2. The molecule has 46 heavy (non-hydrogen) atoms. The Morgan fingerprint density at radius 3 is 1.74 bits per heavy atom. The van der Waals surface area contributed by atoms with Crippen molar-refractivity contribution in [2.75, 3.05) is 5.73 Å². The van der Waals surface area contributed by atoms with Gasteiger partial charge in [-0.25, -0.2) is 8.42 Å². The quantitative estimate of drug-likeness (QED) is 0.0875. The van der Waals surface area contributed by atoms with Gasteiger partial charge in [-0.3, -0.25) is 13.7 Å². The lowest BCUT2D eigenvalue weighted by Gasteiger charge is -2.14. The molecule has 0 amide bonds. The summed E-state index contributed by atoms with van der Waals surface area (Å²) >= 11 is 0. The molecule has 4 rings (SSSR count). The van der Waals surface area contributed by atoms with E-state index in [1.807, 2.05) is 0 Å². The maximum Gasteiger partial charge on any atom is 0.296 e. The van der Waals surface area contributed by atoms with Gasteiger partial charge < -0.3 is 10.8 Å². The molecule has 0 aliphatic carbocycles. The van der Waals surface area contributed by atoms with Crippen LogP contribution in [-0.4, -0.2) is 52.4 Å². The van der Waals surface area contributed by atoms with Crippen molar-refractivity contribution in [1.82, 2.24) is 0 Å². The van der Waals surface area contributed by atoms with Crippen molar-refractivity contribution >= 4 is 79.4 Å². The van der Waals surface area contributed by atoms with Crippen molar-refractivity contribution in [2.45, 2.75) is 26.5 Å². The third-order valence-electron chi connectivity index (χ3n) is 6.17. The van der Waals surface area contributed by atoms with Crippen molar-refractivity contribution < 1.29 is 52.4 Å². The van der Waals surface area contributed by atoms with Crippen LogP contribution in [-0.2, 0) is 40.2 Å². The highest BCUT2D eigenvalue weighted by Gasteiger charge is 2.28. The first-order valence-corrected chi connectivity index (χ1v) is 18.0. The minimum absolute atomic E-state index is 0.0166. The van der Waals surface area contributed by atoms with Crippen molar-refractivity contribution in [3.8, 4) is 5.75 Å². The molecular weight excluding hydrogens is 691 g/mol. The minimum atomic E-state index is -5.26. The molecule has 4 aromatic rings. The molecule has 0 aliphatic heterocycles. The van der Waals surface area contributed by atoms with Gasteiger partial charge in [0.1, 0.15) is 31.7 Å². The number of hydrogen-bond acceptors (Lipinski definition) is 14. The number of aryl methyl sites for hydroxylation is 1. The number of phenolic OH excluding ortho intramolecular Hbond substituents is 1. The van der Waals surface area contributed by atoms with Crippen molar-refractivity contribution in [2.24, 2.45) is 20.5 Å². The highest BCUT2D eigenvalue weighted by Crippen LogP contribution is 2.48. The van der Waals surface area contributed by atoms with E-state index in [2.05, 4.69) is 27.0 Å². The molecule has 6 N–H and O–H groups in total. The summed E-state index contributed by atoms with van der Waals surface area (Å²) in [5.41, 5.74) is 3.66. The molecule has 21 heteroatoms. The van der Waals surface area contributed by atoms with Gasteiger partial charge in [0, 0.05) is 5.41 Å². The molecule has 0 spiro atoms. The van der Waals surface area contributed by atoms with E-state index in [0.717, 1.165) is 29.7 Å². The Morgan fingerprint density at radius 2 is 1.22 bits per heavy atom. The lowest BCUT2D eigenvalue weighted by molar-refractivity contribution is 0.472. The summed E-state index contributed by atoms with van der Waals surface area (Å²) in [6, 6.07) is 9.48. The van der Waals surface area contributed by atoms with Gasteiger partial charge in [-0.1, -0.05) is 12.6 Å². The summed E-state index contributed by atoms with van der Waals surface area (Å²) in [6.45, 7) is 4.74. The van der Waals surface area contributed by atoms with E-state index in [-0.39, 0.29) is 10.6 Å². The molecule has 0 unspecified atom stereocenters. The van der Waals surface area contributed by atoms with E-state index in [0.29, 0.717) is 17.7 Å². The third kappa shape index (κ3) is 6.94. The lowest BCUT2D eigenvalue weighted by atomic mass is 10.1.